The molecule has 182 valence electrons. The number of nitrogens with zero attached hydrogens (tertiary/aromatic N) is 2. The van der Waals surface area contributed by atoms with Crippen LogP contribution in [0.3, 0.4) is 0 Å². The lowest BCUT2D eigenvalue weighted by Gasteiger charge is -2.28. The molecule has 1 aliphatic heterocycles. The van der Waals surface area contributed by atoms with Crippen LogP contribution in [0.2, 0.25) is 0 Å². The summed E-state index contributed by atoms with van der Waals surface area (Å²) in [6, 6.07) is 14.2. The zero-order valence-electron chi connectivity index (χ0n) is 20.9. The Labute approximate surface area is 202 Å². The van der Waals surface area contributed by atoms with Gasteiger partial charge in [0.05, 0.1) is 18.2 Å². The molecule has 1 amide bonds. The molecule has 0 saturated carbocycles. The van der Waals surface area contributed by atoms with Crippen LogP contribution in [0, 0.1) is 12.8 Å². The number of amides is 1. The SMILES string of the molecule is CCN(CC)CCN1C(=O)C(=O)C(=C(O)c2ccc(OCC(C)C)cc2C)[C@H]1c1ccccc1. The molecular weight excluding hydrogens is 428 g/mol. The Morgan fingerprint density at radius 3 is 2.35 bits per heavy atom. The second-order valence-electron chi connectivity index (χ2n) is 9.11. The van der Waals surface area contributed by atoms with Crippen LogP contribution in [0.5, 0.6) is 5.75 Å². The van der Waals surface area contributed by atoms with Crippen LogP contribution in [-0.4, -0.2) is 59.4 Å². The molecule has 2 aromatic rings. The van der Waals surface area contributed by atoms with E-state index in [1.54, 1.807) is 17.0 Å². The van der Waals surface area contributed by atoms with E-state index in [1.807, 2.05) is 43.3 Å². The summed E-state index contributed by atoms with van der Waals surface area (Å²) in [6.07, 6.45) is 0. The first-order valence-corrected chi connectivity index (χ1v) is 12.1. The number of carbonyl (C=O) groups excluding carboxylic acids is 2. The third-order valence-corrected chi connectivity index (χ3v) is 6.24. The van der Waals surface area contributed by atoms with Crippen LogP contribution in [0.1, 0.15) is 50.4 Å². The third kappa shape index (κ3) is 5.50. The van der Waals surface area contributed by atoms with Crippen molar-refractivity contribution in [1.29, 1.82) is 0 Å². The van der Waals surface area contributed by atoms with E-state index < -0.39 is 17.7 Å². The Hall–Kier alpha value is -3.12. The number of Topliss-reactive ketones (excluding diaryl/α,β-unsaturated/α-hetero) is 1. The van der Waals surface area contributed by atoms with Gasteiger partial charge in [-0.25, -0.2) is 0 Å². The molecule has 1 fully saturated rings. The summed E-state index contributed by atoms with van der Waals surface area (Å²) in [5.74, 6) is -0.262. The molecule has 1 aliphatic rings. The van der Waals surface area contributed by atoms with Gasteiger partial charge in [0.15, 0.2) is 0 Å². The van der Waals surface area contributed by atoms with Gasteiger partial charge < -0.3 is 19.6 Å². The molecule has 0 aromatic heterocycles. The molecule has 6 nitrogen and oxygen atoms in total. The molecule has 0 unspecified atom stereocenters. The first-order valence-electron chi connectivity index (χ1n) is 12.1. The molecule has 0 spiro atoms. The minimum atomic E-state index is -0.648. The van der Waals surface area contributed by atoms with Gasteiger partial charge in [-0.1, -0.05) is 58.0 Å². The largest absolute Gasteiger partial charge is 0.507 e. The van der Waals surface area contributed by atoms with Crippen molar-refractivity contribution in [1.82, 2.24) is 9.80 Å². The second-order valence-corrected chi connectivity index (χ2v) is 9.11. The monoisotopic (exact) mass is 464 g/mol. The fourth-order valence-corrected chi connectivity index (χ4v) is 4.28. The maximum atomic E-state index is 13.2. The maximum Gasteiger partial charge on any atom is 0.295 e. The average Bonchev–Trinajstić information content (AvgIpc) is 3.08. The van der Waals surface area contributed by atoms with Gasteiger partial charge in [0.2, 0.25) is 0 Å². The van der Waals surface area contributed by atoms with Crippen molar-refractivity contribution >= 4 is 17.4 Å². The number of likely N-dealkylation sites (N-methyl/N-ethyl adjacent to an activating group) is 1. The second kappa shape index (κ2) is 11.3. The van der Waals surface area contributed by atoms with E-state index in [0.717, 1.165) is 24.2 Å². The Morgan fingerprint density at radius 1 is 1.09 bits per heavy atom. The summed E-state index contributed by atoms with van der Waals surface area (Å²) >= 11 is 0. The fraction of sp³-hybridized carbons (Fsp3) is 0.429. The van der Waals surface area contributed by atoms with Crippen molar-refractivity contribution in [3.63, 3.8) is 0 Å². The standard InChI is InChI=1S/C28H36N2O4/c1-6-29(7-2)15-16-30-25(21-11-9-8-10-12-21)24(27(32)28(30)33)26(31)23-14-13-22(17-20(23)5)34-18-19(3)4/h8-14,17,19,25,31H,6-7,15-16,18H2,1-5H3/t25-/m1/s1. The zero-order valence-corrected chi connectivity index (χ0v) is 20.9. The smallest absolute Gasteiger partial charge is 0.295 e. The van der Waals surface area contributed by atoms with Crippen LogP contribution in [-0.2, 0) is 9.59 Å². The van der Waals surface area contributed by atoms with Crippen molar-refractivity contribution in [2.75, 3.05) is 32.8 Å². The van der Waals surface area contributed by atoms with E-state index in [9.17, 15) is 14.7 Å². The number of benzene rings is 2. The van der Waals surface area contributed by atoms with Crippen LogP contribution < -0.4 is 4.74 Å². The molecule has 3 rings (SSSR count). The van der Waals surface area contributed by atoms with E-state index in [0.29, 0.717) is 36.9 Å². The summed E-state index contributed by atoms with van der Waals surface area (Å²) < 4.78 is 5.80. The van der Waals surface area contributed by atoms with Crippen molar-refractivity contribution < 1.29 is 19.4 Å². The number of aliphatic hydroxyl groups excluding tert-OH is 1. The number of ketones is 1. The van der Waals surface area contributed by atoms with Crippen LogP contribution >= 0.6 is 0 Å². The summed E-state index contributed by atoms with van der Waals surface area (Å²) in [5.41, 5.74) is 2.24. The van der Waals surface area contributed by atoms with Crippen LogP contribution in [0.25, 0.3) is 5.76 Å². The summed E-state index contributed by atoms with van der Waals surface area (Å²) in [5, 5.41) is 11.3. The number of aliphatic hydroxyl groups is 1. The highest BCUT2D eigenvalue weighted by atomic mass is 16.5. The molecule has 0 radical (unpaired) electrons. The number of aryl methyl sites for hydroxylation is 1. The van der Waals surface area contributed by atoms with Gasteiger partial charge >= 0.3 is 0 Å². The fourth-order valence-electron chi connectivity index (χ4n) is 4.28. The molecular formula is C28H36N2O4. The van der Waals surface area contributed by atoms with Crippen molar-refractivity contribution in [3.05, 3.63) is 70.8 Å². The molecule has 1 heterocycles. The molecule has 0 bridgehead atoms. The number of carbonyl (C=O) groups is 2. The summed E-state index contributed by atoms with van der Waals surface area (Å²) in [4.78, 5) is 30.1. The third-order valence-electron chi connectivity index (χ3n) is 6.24. The van der Waals surface area contributed by atoms with Crippen molar-refractivity contribution in [2.24, 2.45) is 5.92 Å². The molecule has 0 aliphatic carbocycles. The molecule has 1 atom stereocenters. The molecule has 1 N–H and O–H groups in total. The van der Waals surface area contributed by atoms with Crippen molar-refractivity contribution in [3.8, 4) is 5.75 Å². The van der Waals surface area contributed by atoms with E-state index in [-0.39, 0.29) is 11.3 Å². The number of likely N-dealkylation sites (tertiary alicyclic amines) is 1. The Morgan fingerprint density at radius 2 is 1.76 bits per heavy atom. The highest BCUT2D eigenvalue weighted by molar-refractivity contribution is 6.46. The molecule has 34 heavy (non-hydrogen) atoms. The molecule has 2 aromatic carbocycles. The lowest BCUT2D eigenvalue weighted by molar-refractivity contribution is -0.140. The van der Waals surface area contributed by atoms with E-state index in [1.165, 1.54) is 0 Å². The van der Waals surface area contributed by atoms with Crippen molar-refractivity contribution in [2.45, 2.75) is 40.7 Å². The van der Waals surface area contributed by atoms with Gasteiger partial charge in [0.25, 0.3) is 11.7 Å². The average molecular weight is 465 g/mol. The van der Waals surface area contributed by atoms with Gasteiger partial charge in [-0.15, -0.1) is 0 Å². The number of rotatable bonds is 10. The molecule has 1 saturated heterocycles. The number of hydrogen-bond acceptors (Lipinski definition) is 5. The van der Waals surface area contributed by atoms with E-state index in [4.69, 9.17) is 4.74 Å². The molecule has 6 heteroatoms. The predicted octanol–water partition coefficient (Wildman–Crippen LogP) is 4.79. The van der Waals surface area contributed by atoms with Crippen LogP contribution in [0.4, 0.5) is 0 Å². The number of hydrogen-bond donors (Lipinski definition) is 1. The normalized spacial score (nSPS) is 17.7. The Balaban J connectivity index is 2.03. The van der Waals surface area contributed by atoms with Gasteiger partial charge in [0.1, 0.15) is 11.5 Å². The quantitative estimate of drug-likeness (QED) is 0.311. The van der Waals surface area contributed by atoms with Gasteiger partial charge in [-0.05, 0) is 55.3 Å². The highest BCUT2D eigenvalue weighted by Gasteiger charge is 2.46. The van der Waals surface area contributed by atoms with E-state index in [2.05, 4.69) is 32.6 Å². The van der Waals surface area contributed by atoms with Gasteiger partial charge in [-0.2, -0.15) is 0 Å². The van der Waals surface area contributed by atoms with Crippen LogP contribution in [0.15, 0.2) is 54.1 Å². The maximum absolute atomic E-state index is 13.2. The Bertz CT molecular complexity index is 1040. The van der Waals surface area contributed by atoms with E-state index >= 15 is 0 Å². The first kappa shape index (κ1) is 25.5. The minimum absolute atomic E-state index is 0.134. The highest BCUT2D eigenvalue weighted by Crippen LogP contribution is 2.40. The zero-order chi connectivity index (χ0) is 24.8. The minimum Gasteiger partial charge on any atom is -0.507 e. The summed E-state index contributed by atoms with van der Waals surface area (Å²) in [6.45, 7) is 13.6. The lowest BCUT2D eigenvalue weighted by Crippen LogP contribution is -2.38. The first-order chi connectivity index (χ1) is 16.3. The topological polar surface area (TPSA) is 70.1 Å². The van der Waals surface area contributed by atoms with Gasteiger partial charge in [0, 0.05) is 18.7 Å². The lowest BCUT2D eigenvalue weighted by atomic mass is 9.94. The van der Waals surface area contributed by atoms with Gasteiger partial charge in [-0.3, -0.25) is 9.59 Å². The predicted molar refractivity (Wildman–Crippen MR) is 135 cm³/mol. The number of ether oxygens (including phenoxy) is 1. The summed E-state index contributed by atoms with van der Waals surface area (Å²) in [7, 11) is 0. The Kier molecular flexibility index (Phi) is 8.51.